The molecule has 0 bridgehead atoms. The smallest absolute Gasteiger partial charge is 0.142 e. The van der Waals surface area contributed by atoms with Crippen molar-refractivity contribution in [2.45, 2.75) is 6.17 Å². The van der Waals surface area contributed by atoms with Gasteiger partial charge in [-0.1, -0.05) is 42.5 Å². The molecule has 1 aliphatic heterocycles. The van der Waals surface area contributed by atoms with Gasteiger partial charge in [0.05, 0.1) is 23.2 Å². The van der Waals surface area contributed by atoms with Crippen LogP contribution in [0.1, 0.15) is 11.9 Å². The van der Waals surface area contributed by atoms with Crippen LogP contribution in [0.25, 0.3) is 22.0 Å². The Hall–Kier alpha value is -2.59. The number of anilines is 1. The van der Waals surface area contributed by atoms with E-state index in [4.69, 9.17) is 5.73 Å². The Morgan fingerprint density at radius 2 is 1.90 bits per heavy atom. The number of rotatable bonds is 1. The molecule has 4 rings (SSSR count). The Kier molecular flexibility index (Phi) is 2.59. The summed E-state index contributed by atoms with van der Waals surface area (Å²) < 4.78 is 2.13. The van der Waals surface area contributed by atoms with Gasteiger partial charge in [0.15, 0.2) is 0 Å². The Morgan fingerprint density at radius 1 is 1.10 bits per heavy atom. The zero-order valence-electron chi connectivity index (χ0n) is 11.7. The predicted molar refractivity (Wildman–Crippen MR) is 87.4 cm³/mol. The molecule has 2 heterocycles. The highest BCUT2D eigenvalue weighted by atomic mass is 15.1. The summed E-state index contributed by atoms with van der Waals surface area (Å²) >= 11 is 0. The van der Waals surface area contributed by atoms with Gasteiger partial charge in [0, 0.05) is 12.4 Å². The van der Waals surface area contributed by atoms with E-state index in [0.29, 0.717) is 0 Å². The first kappa shape index (κ1) is 12.2. The van der Waals surface area contributed by atoms with E-state index in [9.17, 15) is 0 Å². The SMILES string of the molecule is Cn1c2c(c3ccc(-c4ccccc4)cc31)NC=NC2N. The van der Waals surface area contributed by atoms with E-state index in [0.717, 1.165) is 16.9 Å². The first-order valence-corrected chi connectivity index (χ1v) is 6.97. The molecule has 0 fully saturated rings. The standard InChI is InChI=1S/C17H16N4/c1-21-14-9-12(11-5-3-2-4-6-11)7-8-13(14)15-16(21)17(18)20-10-19-15/h2-10,17H,18H2,1H3,(H,19,20). The number of nitrogens with two attached hydrogens (primary N) is 1. The second-order valence-electron chi connectivity index (χ2n) is 5.28. The largest absolute Gasteiger partial charge is 0.345 e. The highest BCUT2D eigenvalue weighted by molar-refractivity contribution is 6.02. The molecule has 0 aliphatic carbocycles. The van der Waals surface area contributed by atoms with Crippen LogP contribution in [0.5, 0.6) is 0 Å². The molecule has 1 aromatic heterocycles. The van der Waals surface area contributed by atoms with Crippen molar-refractivity contribution in [3.8, 4) is 11.1 Å². The molecule has 3 aromatic rings. The van der Waals surface area contributed by atoms with E-state index in [1.54, 1.807) is 6.34 Å². The number of aromatic nitrogens is 1. The average Bonchev–Trinajstić information content (AvgIpc) is 2.82. The van der Waals surface area contributed by atoms with E-state index in [1.807, 2.05) is 13.1 Å². The Morgan fingerprint density at radius 3 is 2.71 bits per heavy atom. The normalized spacial score (nSPS) is 16.8. The minimum atomic E-state index is -0.307. The summed E-state index contributed by atoms with van der Waals surface area (Å²) in [6.45, 7) is 0. The Bertz CT molecular complexity index is 846. The Balaban J connectivity index is 1.96. The molecule has 1 unspecified atom stereocenters. The van der Waals surface area contributed by atoms with Gasteiger partial charge in [-0.3, -0.25) is 4.99 Å². The lowest BCUT2D eigenvalue weighted by Crippen LogP contribution is -2.18. The molecule has 0 spiro atoms. The van der Waals surface area contributed by atoms with E-state index in [-0.39, 0.29) is 6.17 Å². The van der Waals surface area contributed by atoms with Crippen LogP contribution in [0, 0.1) is 0 Å². The summed E-state index contributed by atoms with van der Waals surface area (Å²) in [5.41, 5.74) is 11.8. The first-order valence-electron chi connectivity index (χ1n) is 6.97. The number of fused-ring (bicyclic) bond motifs is 3. The van der Waals surface area contributed by atoms with Crippen LogP contribution >= 0.6 is 0 Å². The number of benzene rings is 2. The molecule has 4 heteroatoms. The molecule has 0 amide bonds. The van der Waals surface area contributed by atoms with Gasteiger partial charge < -0.3 is 15.6 Å². The molecule has 3 N–H and O–H groups in total. The molecular formula is C17H16N4. The fourth-order valence-corrected chi connectivity index (χ4v) is 3.02. The number of nitrogens with zero attached hydrogens (tertiary/aromatic N) is 2. The van der Waals surface area contributed by atoms with Crippen molar-refractivity contribution in [1.29, 1.82) is 0 Å². The van der Waals surface area contributed by atoms with Gasteiger partial charge in [-0.15, -0.1) is 0 Å². The van der Waals surface area contributed by atoms with Gasteiger partial charge >= 0.3 is 0 Å². The summed E-state index contributed by atoms with van der Waals surface area (Å²) in [5, 5.41) is 4.40. The lowest BCUT2D eigenvalue weighted by molar-refractivity contribution is 0.699. The van der Waals surface area contributed by atoms with Gasteiger partial charge in [0.2, 0.25) is 0 Å². The van der Waals surface area contributed by atoms with Gasteiger partial charge in [0.25, 0.3) is 0 Å². The molecule has 104 valence electrons. The van der Waals surface area contributed by atoms with Crippen molar-refractivity contribution in [3.05, 3.63) is 54.2 Å². The summed E-state index contributed by atoms with van der Waals surface area (Å²) in [4.78, 5) is 4.23. The minimum absolute atomic E-state index is 0.307. The zero-order valence-corrected chi connectivity index (χ0v) is 11.7. The average molecular weight is 276 g/mol. The summed E-state index contributed by atoms with van der Waals surface area (Å²) in [7, 11) is 2.04. The Labute approximate surface area is 122 Å². The van der Waals surface area contributed by atoms with Crippen molar-refractivity contribution in [3.63, 3.8) is 0 Å². The molecule has 0 saturated heterocycles. The van der Waals surface area contributed by atoms with Gasteiger partial charge in [-0.25, -0.2) is 0 Å². The number of hydrogen-bond acceptors (Lipinski definition) is 3. The lowest BCUT2D eigenvalue weighted by Gasteiger charge is -2.15. The fourth-order valence-electron chi connectivity index (χ4n) is 3.02. The third kappa shape index (κ3) is 1.76. The van der Waals surface area contributed by atoms with Crippen LogP contribution in [0.15, 0.2) is 53.5 Å². The van der Waals surface area contributed by atoms with Crippen LogP contribution in [-0.4, -0.2) is 10.9 Å². The van der Waals surface area contributed by atoms with Gasteiger partial charge in [-0.05, 0) is 17.2 Å². The highest BCUT2D eigenvalue weighted by Gasteiger charge is 2.22. The third-order valence-corrected chi connectivity index (χ3v) is 4.08. The molecule has 4 nitrogen and oxygen atoms in total. The van der Waals surface area contributed by atoms with E-state index in [2.05, 4.69) is 57.3 Å². The van der Waals surface area contributed by atoms with Crippen molar-refractivity contribution in [2.24, 2.45) is 17.8 Å². The van der Waals surface area contributed by atoms with Crippen molar-refractivity contribution >= 4 is 22.9 Å². The number of hydrogen-bond donors (Lipinski definition) is 2. The monoisotopic (exact) mass is 276 g/mol. The maximum absolute atomic E-state index is 6.10. The van der Waals surface area contributed by atoms with Crippen LogP contribution < -0.4 is 11.1 Å². The van der Waals surface area contributed by atoms with Gasteiger partial charge in [-0.2, -0.15) is 0 Å². The lowest BCUT2D eigenvalue weighted by atomic mass is 10.0. The second kappa shape index (κ2) is 4.46. The number of aliphatic imine (C=N–C) groups is 1. The van der Waals surface area contributed by atoms with Crippen molar-refractivity contribution < 1.29 is 0 Å². The maximum atomic E-state index is 6.10. The quantitative estimate of drug-likeness (QED) is 0.716. The third-order valence-electron chi connectivity index (χ3n) is 4.08. The van der Waals surface area contributed by atoms with Gasteiger partial charge in [0.1, 0.15) is 6.17 Å². The molecular weight excluding hydrogens is 260 g/mol. The van der Waals surface area contributed by atoms with E-state index < -0.39 is 0 Å². The first-order chi connectivity index (χ1) is 10.3. The molecule has 2 aromatic carbocycles. The minimum Gasteiger partial charge on any atom is -0.345 e. The van der Waals surface area contributed by atoms with Crippen LogP contribution in [-0.2, 0) is 7.05 Å². The van der Waals surface area contributed by atoms with Crippen molar-refractivity contribution in [2.75, 3.05) is 5.32 Å². The van der Waals surface area contributed by atoms with Crippen LogP contribution in [0.4, 0.5) is 5.69 Å². The summed E-state index contributed by atoms with van der Waals surface area (Å²) in [6, 6.07) is 16.9. The molecule has 0 radical (unpaired) electrons. The predicted octanol–water partition coefficient (Wildman–Crippen LogP) is 3.26. The van der Waals surface area contributed by atoms with Crippen LogP contribution in [0.2, 0.25) is 0 Å². The van der Waals surface area contributed by atoms with Crippen LogP contribution in [0.3, 0.4) is 0 Å². The molecule has 1 aliphatic rings. The molecule has 0 saturated carbocycles. The molecule has 21 heavy (non-hydrogen) atoms. The summed E-state index contributed by atoms with van der Waals surface area (Å²) in [6.07, 6.45) is 1.37. The number of nitrogens with one attached hydrogen (secondary N) is 1. The second-order valence-corrected chi connectivity index (χ2v) is 5.28. The number of aryl methyl sites for hydroxylation is 1. The topological polar surface area (TPSA) is 55.3 Å². The van der Waals surface area contributed by atoms with E-state index in [1.165, 1.54) is 16.5 Å². The fraction of sp³-hybridized carbons (Fsp3) is 0.118. The van der Waals surface area contributed by atoms with E-state index >= 15 is 0 Å². The summed E-state index contributed by atoms with van der Waals surface area (Å²) in [5.74, 6) is 0. The highest BCUT2D eigenvalue weighted by Crippen LogP contribution is 2.37. The zero-order chi connectivity index (χ0) is 14.4. The van der Waals surface area contributed by atoms with Crippen molar-refractivity contribution in [1.82, 2.24) is 4.57 Å². The maximum Gasteiger partial charge on any atom is 0.142 e. The molecule has 1 atom stereocenters.